The van der Waals surface area contributed by atoms with Crippen LogP contribution in [0.25, 0.3) is 0 Å². The molecule has 2 amide bonds. The monoisotopic (exact) mass is 1700 g/mol. The van der Waals surface area contributed by atoms with Crippen molar-refractivity contribution in [3.63, 3.8) is 0 Å². The highest BCUT2D eigenvalue weighted by molar-refractivity contribution is 7.10. The van der Waals surface area contributed by atoms with Gasteiger partial charge in [0.25, 0.3) is 0 Å². The molecule has 0 saturated carbocycles. The summed E-state index contributed by atoms with van der Waals surface area (Å²) < 4.78 is 15.9. The summed E-state index contributed by atoms with van der Waals surface area (Å²) in [6, 6.07) is 10.8. The Bertz CT molecular complexity index is 2700. The largest absolute Gasteiger partial charge is 0.472 e. The molecule has 0 unspecified atom stereocenters. The predicted octanol–water partition coefficient (Wildman–Crippen LogP) is 38.5. The second kappa shape index (κ2) is 78.2. The van der Waals surface area contributed by atoms with Gasteiger partial charge >= 0.3 is 0 Å². The second-order valence-electron chi connectivity index (χ2n) is 33.1. The van der Waals surface area contributed by atoms with Crippen LogP contribution in [0.5, 0.6) is 0 Å². The third kappa shape index (κ3) is 53.1. The first kappa shape index (κ1) is 131. The van der Waals surface area contributed by atoms with Crippen LogP contribution in [-0.4, -0.2) is 21.8 Å². The van der Waals surface area contributed by atoms with E-state index in [0.29, 0.717) is 119 Å². The Kier molecular flexibility index (Phi) is 86.3. The molecule has 0 radical (unpaired) electrons. The van der Waals surface area contributed by atoms with Crippen molar-refractivity contribution >= 4 is 34.5 Å². The van der Waals surface area contributed by atoms with E-state index in [2.05, 4.69) is 316 Å². The van der Waals surface area contributed by atoms with E-state index in [9.17, 15) is 9.59 Å². The van der Waals surface area contributed by atoms with Gasteiger partial charge in [0.1, 0.15) is 11.5 Å². The molecule has 0 spiro atoms. The maximum Gasteiger partial charge on any atom is 0.228 e. The smallest absolute Gasteiger partial charge is 0.228 e. The Morgan fingerprint density at radius 3 is 0.731 bits per heavy atom. The zero-order chi connectivity index (χ0) is 95.6. The molecule has 0 aliphatic carbocycles. The van der Waals surface area contributed by atoms with E-state index in [-0.39, 0.29) is 11.8 Å². The van der Waals surface area contributed by atoms with Crippen molar-refractivity contribution in [3.05, 3.63) is 184 Å². The van der Waals surface area contributed by atoms with Crippen LogP contribution in [0.1, 0.15) is 547 Å². The summed E-state index contributed by atoms with van der Waals surface area (Å²) in [6.07, 6.45) is 12.6. The number of allylic oxidation sites excluding steroid dienone is 2. The maximum atomic E-state index is 11.1. The molecule has 0 fully saturated rings. The summed E-state index contributed by atoms with van der Waals surface area (Å²) in [7, 11) is 0. The van der Waals surface area contributed by atoms with E-state index >= 15 is 0 Å². The Morgan fingerprint density at radius 1 is 0.277 bits per heavy atom. The first-order valence-electron chi connectivity index (χ1n) is 47.7. The summed E-state index contributed by atoms with van der Waals surface area (Å²) in [4.78, 5) is 30.4. The number of furan rings is 3. The normalized spacial score (nSPS) is 11.5. The van der Waals surface area contributed by atoms with Gasteiger partial charge in [0.15, 0.2) is 0 Å². The number of nitrogens with one attached hydrogen (secondary N) is 4. The summed E-state index contributed by atoms with van der Waals surface area (Å²) in [5.41, 5.74) is 20.6. The van der Waals surface area contributed by atoms with Gasteiger partial charge in [0, 0.05) is 51.9 Å². The molecule has 696 valence electrons. The van der Waals surface area contributed by atoms with Gasteiger partial charge in [-0.2, -0.15) is 11.3 Å². The molecule has 119 heavy (non-hydrogen) atoms. The fourth-order valence-corrected chi connectivity index (χ4v) is 14.5. The van der Waals surface area contributed by atoms with Crippen LogP contribution in [0.4, 0.5) is 0 Å². The van der Waals surface area contributed by atoms with Crippen LogP contribution in [0, 0.1) is 23.7 Å². The van der Waals surface area contributed by atoms with E-state index in [4.69, 9.17) is 13.3 Å². The number of H-pyrrole nitrogens is 2. The molecule has 2 aliphatic heterocycles. The molecule has 0 bridgehead atoms. The fraction of sp³-hybridized carbons (Fsp3) is 0.685. The number of thiophene rings is 2. The Labute approximate surface area is 750 Å². The average molecular weight is 1700 g/mol. The van der Waals surface area contributed by atoms with Gasteiger partial charge < -0.3 is 33.9 Å². The number of rotatable bonds is 18. The van der Waals surface area contributed by atoms with Gasteiger partial charge in [-0.1, -0.05) is 374 Å². The Hall–Kier alpha value is -5.78. The molecule has 0 saturated heterocycles. The van der Waals surface area contributed by atoms with Crippen LogP contribution in [0.2, 0.25) is 0 Å². The molecular weight excluding hydrogens is 1500 g/mol. The number of aromatic amines is 2. The number of hydrogen-bond donors (Lipinski definition) is 4. The molecule has 0 atom stereocenters. The van der Waals surface area contributed by atoms with Crippen LogP contribution in [-0.2, 0) is 9.59 Å². The van der Waals surface area contributed by atoms with E-state index in [1.807, 2.05) is 172 Å². The molecular formula is C108H202N4O5S2. The minimum absolute atomic E-state index is 0.155. The second-order valence-corrected chi connectivity index (χ2v) is 34.8. The Balaban J connectivity index is -0.000000159. The number of amides is 2. The van der Waals surface area contributed by atoms with Crippen LogP contribution >= 0.6 is 22.7 Å². The van der Waals surface area contributed by atoms with Crippen molar-refractivity contribution < 1.29 is 22.8 Å². The van der Waals surface area contributed by atoms with Gasteiger partial charge in [-0.05, 0) is 202 Å². The Morgan fingerprint density at radius 2 is 0.546 bits per heavy atom. The lowest BCUT2D eigenvalue weighted by atomic mass is 9.95. The summed E-state index contributed by atoms with van der Waals surface area (Å²) in [6.45, 7) is 115. The molecule has 11 heteroatoms. The van der Waals surface area contributed by atoms with Crippen molar-refractivity contribution in [1.29, 1.82) is 0 Å². The number of carbonyl (C=O) groups excluding carboxylic acids is 2. The zero-order valence-electron chi connectivity index (χ0n) is 88.7. The van der Waals surface area contributed by atoms with Gasteiger partial charge in [0.05, 0.1) is 37.9 Å². The van der Waals surface area contributed by atoms with E-state index in [0.717, 1.165) is 22.9 Å². The van der Waals surface area contributed by atoms with Crippen molar-refractivity contribution in [3.8, 4) is 0 Å². The van der Waals surface area contributed by atoms with Crippen LogP contribution in [0.15, 0.2) is 120 Å². The quantitative estimate of drug-likeness (QED) is 0.0680. The van der Waals surface area contributed by atoms with Crippen LogP contribution < -0.4 is 10.6 Å². The maximum absolute atomic E-state index is 11.1. The standard InChI is InChI=1S/2C10H17NO.2C10H17N.3C10H16O.2C10H16S.9C2H6/c2*1-6(2)8-5-9(12)11-10(8)7(3)4;2*1-7(2)9-5-6-11-10(9)8(3)4;1-7(2)9-5-11-6-10(9)8(3)4;2*1-7(2)9-5-6-11-10(9)8(3)4;1-7(2)9-5-11-6-10(9)8(3)4;1-7(2)9-5-6-11-10(9)8(3)4;9*1-2/h2*6-7H,5H2,1-4H3,(H,11,12);2*5-8,11H,1-4H3;5*5-8H,1-4H3;9*1-2H3. The number of aromatic nitrogens is 2. The fourth-order valence-electron chi connectivity index (χ4n) is 12.3. The molecule has 0 aromatic carbocycles. The van der Waals surface area contributed by atoms with Gasteiger partial charge in [0.2, 0.25) is 11.8 Å². The lowest BCUT2D eigenvalue weighted by molar-refractivity contribution is -0.119. The van der Waals surface area contributed by atoms with Crippen molar-refractivity contribution in [2.24, 2.45) is 23.7 Å². The minimum Gasteiger partial charge on any atom is -0.472 e. The molecule has 9 heterocycles. The van der Waals surface area contributed by atoms with Gasteiger partial charge in [-0.25, -0.2) is 0 Å². The molecule has 9 nitrogen and oxygen atoms in total. The van der Waals surface area contributed by atoms with Crippen molar-refractivity contribution in [1.82, 2.24) is 20.6 Å². The van der Waals surface area contributed by atoms with Gasteiger partial charge in [-0.15, -0.1) is 11.3 Å². The highest BCUT2D eigenvalue weighted by Crippen LogP contribution is 2.35. The van der Waals surface area contributed by atoms with Crippen molar-refractivity contribution in [2.45, 2.75) is 470 Å². The molecule has 2 aliphatic rings. The van der Waals surface area contributed by atoms with Crippen molar-refractivity contribution in [2.75, 3.05) is 0 Å². The highest BCUT2D eigenvalue weighted by atomic mass is 32.1. The van der Waals surface area contributed by atoms with E-state index < -0.39 is 0 Å². The minimum atomic E-state index is 0.155. The zero-order valence-corrected chi connectivity index (χ0v) is 90.4. The number of hydrogen-bond acceptors (Lipinski definition) is 7. The summed E-state index contributed by atoms with van der Waals surface area (Å²) >= 11 is 3.71. The SMILES string of the molecule is CC.CC.CC.CC.CC.CC.CC.CC.CC.CC(C)C1=C(C(C)C)NC(=O)C1.CC(C)C1=C(C(C)C)NC(=O)C1.CC(C)c1cc[nH]c1C(C)C.CC(C)c1cc[nH]c1C(C)C.CC(C)c1ccoc1C(C)C.CC(C)c1ccoc1C(C)C.CC(C)c1ccsc1C(C)C.CC(C)c1cocc1C(C)C.CC(C)c1cscc1C(C)C. The highest BCUT2D eigenvalue weighted by Gasteiger charge is 2.26. The first-order chi connectivity index (χ1) is 55.9. The average Bonchev–Trinajstić information content (AvgIpc) is 1.68. The van der Waals surface area contributed by atoms with E-state index in [1.54, 1.807) is 17.4 Å². The van der Waals surface area contributed by atoms with E-state index in [1.165, 1.54) is 72.6 Å². The lowest BCUT2D eigenvalue weighted by Gasteiger charge is -2.12. The van der Waals surface area contributed by atoms with Crippen LogP contribution in [0.3, 0.4) is 0 Å². The molecule has 4 N–H and O–H groups in total. The third-order valence-corrected chi connectivity index (χ3v) is 20.1. The summed E-state index contributed by atoms with van der Waals surface area (Å²) in [5, 5.41) is 12.6. The third-order valence-electron chi connectivity index (χ3n) is 18.1. The topological polar surface area (TPSA) is 129 Å². The van der Waals surface area contributed by atoms with Gasteiger partial charge in [-0.3, -0.25) is 9.59 Å². The molecule has 9 rings (SSSR count). The first-order valence-corrected chi connectivity index (χ1v) is 49.5. The number of carbonyl (C=O) groups is 2. The summed E-state index contributed by atoms with van der Waals surface area (Å²) in [5.74, 6) is 13.0. The molecule has 7 aromatic rings. The predicted molar refractivity (Wildman–Crippen MR) is 545 cm³/mol. The molecule has 7 aromatic heterocycles. The lowest BCUT2D eigenvalue weighted by Crippen LogP contribution is -2.18.